The second-order valence-electron chi connectivity index (χ2n) is 4.51. The quantitative estimate of drug-likeness (QED) is 0.471. The summed E-state index contributed by atoms with van der Waals surface area (Å²) in [7, 11) is 0. The van der Waals surface area contributed by atoms with Gasteiger partial charge in [-0.05, 0) is 40.9 Å². The number of carbonyl (C=O) groups is 2. The molecule has 0 bridgehead atoms. The van der Waals surface area contributed by atoms with Crippen molar-refractivity contribution in [2.24, 2.45) is 0 Å². The highest BCUT2D eigenvalue weighted by molar-refractivity contribution is 6.67. The molecule has 0 aliphatic carbocycles. The summed E-state index contributed by atoms with van der Waals surface area (Å²) in [6.45, 7) is 2.40. The Bertz CT molecular complexity index is 649. The van der Waals surface area contributed by atoms with Gasteiger partial charge in [0.2, 0.25) is 0 Å². The molecule has 104 valence electrons. The van der Waals surface area contributed by atoms with Crippen LogP contribution in [0.25, 0.3) is 10.8 Å². The van der Waals surface area contributed by atoms with Gasteiger partial charge < -0.3 is 4.74 Å². The van der Waals surface area contributed by atoms with Gasteiger partial charge >= 0.3 is 5.97 Å². The Morgan fingerprint density at radius 1 is 1.20 bits per heavy atom. The molecule has 20 heavy (non-hydrogen) atoms. The second-order valence-corrected chi connectivity index (χ2v) is 4.85. The van der Waals surface area contributed by atoms with Crippen molar-refractivity contribution in [1.82, 2.24) is 0 Å². The normalized spacial score (nSPS) is 10.5. The molecule has 0 spiro atoms. The van der Waals surface area contributed by atoms with E-state index >= 15 is 0 Å². The van der Waals surface area contributed by atoms with Crippen molar-refractivity contribution in [3.63, 3.8) is 0 Å². The van der Waals surface area contributed by atoms with E-state index in [1.54, 1.807) is 6.07 Å². The number of esters is 1. The first kappa shape index (κ1) is 14.5. The predicted octanol–water partition coefficient (Wildman–Crippen LogP) is 4.18. The topological polar surface area (TPSA) is 43.4 Å². The molecule has 2 aromatic rings. The smallest absolute Gasteiger partial charge is 0.338 e. The van der Waals surface area contributed by atoms with Crippen LogP contribution in [-0.2, 0) is 4.74 Å². The first-order chi connectivity index (χ1) is 9.63. The second kappa shape index (κ2) is 6.53. The number of unbranched alkanes of at least 4 members (excludes halogenated alkanes) is 1. The summed E-state index contributed by atoms with van der Waals surface area (Å²) in [5.41, 5.74) is 0.677. The van der Waals surface area contributed by atoms with Crippen LogP contribution < -0.4 is 0 Å². The lowest BCUT2D eigenvalue weighted by Crippen LogP contribution is -2.08. The van der Waals surface area contributed by atoms with Crippen molar-refractivity contribution in [2.75, 3.05) is 6.61 Å². The van der Waals surface area contributed by atoms with Gasteiger partial charge in [-0.2, -0.15) is 0 Å². The third kappa shape index (κ3) is 3.17. The van der Waals surface area contributed by atoms with Crippen LogP contribution in [0, 0.1) is 0 Å². The van der Waals surface area contributed by atoms with Crippen LogP contribution in [0.2, 0.25) is 0 Å². The first-order valence-corrected chi connectivity index (χ1v) is 6.91. The molecule has 0 atom stereocenters. The van der Waals surface area contributed by atoms with E-state index in [4.69, 9.17) is 16.3 Å². The van der Waals surface area contributed by atoms with Gasteiger partial charge in [0.05, 0.1) is 12.2 Å². The van der Waals surface area contributed by atoms with Gasteiger partial charge in [0.1, 0.15) is 0 Å². The maximum absolute atomic E-state index is 12.1. The number of carbonyl (C=O) groups excluding carboxylic acids is 2. The van der Waals surface area contributed by atoms with Crippen molar-refractivity contribution in [3.05, 3.63) is 47.5 Å². The molecule has 0 fully saturated rings. The summed E-state index contributed by atoms with van der Waals surface area (Å²) < 4.78 is 5.22. The Balaban J connectivity index is 2.44. The van der Waals surface area contributed by atoms with Crippen LogP contribution in [0.3, 0.4) is 0 Å². The summed E-state index contributed by atoms with van der Waals surface area (Å²) in [6, 6.07) is 10.5. The summed E-state index contributed by atoms with van der Waals surface area (Å²) >= 11 is 5.52. The zero-order valence-electron chi connectivity index (χ0n) is 11.2. The van der Waals surface area contributed by atoms with Gasteiger partial charge in [0.25, 0.3) is 5.24 Å². The highest BCUT2D eigenvalue weighted by atomic mass is 35.5. The van der Waals surface area contributed by atoms with Gasteiger partial charge in [0, 0.05) is 5.56 Å². The molecule has 0 aromatic heterocycles. The number of hydrogen-bond donors (Lipinski definition) is 0. The molecule has 2 rings (SSSR count). The number of halogens is 1. The molecule has 0 aliphatic heterocycles. The van der Waals surface area contributed by atoms with Crippen LogP contribution in [-0.4, -0.2) is 17.8 Å². The third-order valence-corrected chi connectivity index (χ3v) is 3.26. The van der Waals surface area contributed by atoms with Crippen LogP contribution in [0.15, 0.2) is 36.4 Å². The number of hydrogen-bond acceptors (Lipinski definition) is 3. The van der Waals surface area contributed by atoms with E-state index in [1.807, 2.05) is 31.2 Å². The van der Waals surface area contributed by atoms with Gasteiger partial charge in [-0.1, -0.05) is 37.6 Å². The van der Waals surface area contributed by atoms with Crippen molar-refractivity contribution in [2.45, 2.75) is 19.8 Å². The average molecular weight is 291 g/mol. The molecule has 4 heteroatoms. The third-order valence-electron chi connectivity index (χ3n) is 3.04. The van der Waals surface area contributed by atoms with Gasteiger partial charge in [-0.25, -0.2) is 4.79 Å². The summed E-state index contributed by atoms with van der Waals surface area (Å²) in [4.78, 5) is 23.5. The van der Waals surface area contributed by atoms with Crippen molar-refractivity contribution in [3.8, 4) is 0 Å². The number of fused-ring (bicyclic) bond motifs is 1. The minimum Gasteiger partial charge on any atom is -0.462 e. The largest absolute Gasteiger partial charge is 0.462 e. The zero-order valence-corrected chi connectivity index (χ0v) is 11.9. The Morgan fingerprint density at radius 3 is 2.65 bits per heavy atom. The Kier molecular flexibility index (Phi) is 4.74. The van der Waals surface area contributed by atoms with Crippen molar-refractivity contribution >= 4 is 33.6 Å². The molecule has 0 unspecified atom stereocenters. The average Bonchev–Trinajstić information content (AvgIpc) is 2.46. The molecule has 3 nitrogen and oxygen atoms in total. The maximum atomic E-state index is 12.1. The first-order valence-electron chi connectivity index (χ1n) is 6.53. The predicted molar refractivity (Wildman–Crippen MR) is 79.3 cm³/mol. The fraction of sp³-hybridized carbons (Fsp3) is 0.250. The van der Waals surface area contributed by atoms with Gasteiger partial charge in [-0.3, -0.25) is 4.79 Å². The van der Waals surface area contributed by atoms with E-state index in [-0.39, 0.29) is 0 Å². The summed E-state index contributed by atoms with van der Waals surface area (Å²) in [6.07, 6.45) is 1.77. The Morgan fingerprint density at radius 2 is 1.95 bits per heavy atom. The van der Waals surface area contributed by atoms with E-state index < -0.39 is 11.2 Å². The molecule has 0 saturated heterocycles. The van der Waals surface area contributed by atoms with E-state index in [1.165, 1.54) is 6.07 Å². The fourth-order valence-corrected chi connectivity index (χ4v) is 2.09. The van der Waals surface area contributed by atoms with E-state index in [9.17, 15) is 9.59 Å². The molecular formula is C16H15ClO3. The van der Waals surface area contributed by atoms with E-state index in [2.05, 4.69) is 0 Å². The molecule has 0 radical (unpaired) electrons. The molecule has 0 amide bonds. The summed E-state index contributed by atoms with van der Waals surface area (Å²) in [5, 5.41) is 0.968. The van der Waals surface area contributed by atoms with Crippen LogP contribution in [0.1, 0.15) is 40.5 Å². The molecule has 2 aromatic carbocycles. The highest BCUT2D eigenvalue weighted by Crippen LogP contribution is 2.23. The lowest BCUT2D eigenvalue weighted by Gasteiger charge is -2.08. The summed E-state index contributed by atoms with van der Waals surface area (Å²) in [5.74, 6) is -0.422. The highest BCUT2D eigenvalue weighted by Gasteiger charge is 2.15. The van der Waals surface area contributed by atoms with Crippen LogP contribution in [0.4, 0.5) is 0 Å². The zero-order chi connectivity index (χ0) is 14.5. The van der Waals surface area contributed by atoms with Crippen molar-refractivity contribution < 1.29 is 14.3 Å². The van der Waals surface area contributed by atoms with Crippen LogP contribution in [0.5, 0.6) is 0 Å². The molecule has 0 aliphatic rings. The Labute approximate surface area is 122 Å². The van der Waals surface area contributed by atoms with Gasteiger partial charge in [0.15, 0.2) is 0 Å². The Hall–Kier alpha value is -1.87. The minimum absolute atomic E-state index is 0.299. The monoisotopic (exact) mass is 290 g/mol. The maximum Gasteiger partial charge on any atom is 0.338 e. The minimum atomic E-state index is -0.585. The van der Waals surface area contributed by atoms with Crippen molar-refractivity contribution in [1.29, 1.82) is 0 Å². The standard InChI is InChI=1S/C16H15ClO3/c1-2-3-8-20-16(19)14-10-12(15(17)18)9-11-6-4-5-7-13(11)14/h4-7,9-10H,2-3,8H2,1H3. The number of rotatable bonds is 5. The fourth-order valence-electron chi connectivity index (χ4n) is 1.98. The molecule has 0 saturated carbocycles. The molecule has 0 heterocycles. The van der Waals surface area contributed by atoms with Crippen LogP contribution >= 0.6 is 11.6 Å². The lowest BCUT2D eigenvalue weighted by atomic mass is 10.0. The number of ether oxygens (including phenoxy) is 1. The SMILES string of the molecule is CCCCOC(=O)c1cc(C(=O)Cl)cc2ccccc12. The van der Waals surface area contributed by atoms with Gasteiger partial charge in [-0.15, -0.1) is 0 Å². The number of benzene rings is 2. The lowest BCUT2D eigenvalue weighted by molar-refractivity contribution is 0.0502. The van der Waals surface area contributed by atoms with E-state index in [0.29, 0.717) is 17.7 Å². The van der Waals surface area contributed by atoms with E-state index in [0.717, 1.165) is 23.6 Å². The molecule has 0 N–H and O–H groups in total. The molecular weight excluding hydrogens is 276 g/mol.